The Morgan fingerprint density at radius 2 is 1.21 bits per heavy atom. The van der Waals surface area contributed by atoms with E-state index in [-0.39, 0.29) is 10.9 Å². The number of morpholine rings is 1. The number of nitrogens with zero attached hydrogens (tertiary/aromatic N) is 6. The molecule has 6 aliphatic rings. The van der Waals surface area contributed by atoms with Gasteiger partial charge in [0.05, 0.1) is 13.2 Å². The Kier molecular flexibility index (Phi) is 8.00. The van der Waals surface area contributed by atoms with Gasteiger partial charge < -0.3 is 10.1 Å². The summed E-state index contributed by atoms with van der Waals surface area (Å²) in [7, 11) is 0. The number of ether oxygens (including phenoxy) is 1. The highest BCUT2D eigenvalue weighted by Gasteiger charge is 2.67. The largest absolute Gasteiger partial charge is 0.379 e. The fourth-order valence-corrected chi connectivity index (χ4v) is 10.0. The van der Waals surface area contributed by atoms with Crippen molar-refractivity contribution in [2.45, 2.75) is 43.0 Å². The summed E-state index contributed by atoms with van der Waals surface area (Å²) in [6, 6.07) is 0. The fraction of sp³-hybridized carbons (Fsp3) is 1.00. The molecule has 2 atom stereocenters. The molecule has 6 aliphatic heterocycles. The molecule has 1 N–H and O–H groups in total. The molecule has 6 fully saturated rings. The molecular formula is C24H45N7OS2. The van der Waals surface area contributed by atoms with Gasteiger partial charge in [-0.05, 0) is 25.7 Å². The summed E-state index contributed by atoms with van der Waals surface area (Å²) in [6.45, 7) is 15.6. The van der Waals surface area contributed by atoms with Crippen molar-refractivity contribution in [3.8, 4) is 0 Å². The number of hydrazine groups is 1. The van der Waals surface area contributed by atoms with Crippen molar-refractivity contribution < 1.29 is 4.74 Å². The lowest BCUT2D eigenvalue weighted by Gasteiger charge is -2.63. The van der Waals surface area contributed by atoms with E-state index in [0.29, 0.717) is 0 Å². The molecule has 0 bridgehead atoms. The lowest BCUT2D eigenvalue weighted by Crippen LogP contribution is -2.81. The predicted octanol–water partition coefficient (Wildman–Crippen LogP) is 1.08. The summed E-state index contributed by atoms with van der Waals surface area (Å²) < 4.78 is 5.90. The molecule has 0 amide bonds. The molecule has 6 heterocycles. The molecule has 10 heteroatoms. The number of rotatable bonds is 5. The smallest absolute Gasteiger partial charge is 0.197 e. The first-order chi connectivity index (χ1) is 16.9. The highest BCUT2D eigenvalue weighted by molar-refractivity contribution is 8.00. The van der Waals surface area contributed by atoms with Crippen LogP contribution in [0.15, 0.2) is 0 Å². The van der Waals surface area contributed by atoms with E-state index in [1.165, 1.54) is 88.6 Å². The molecule has 0 saturated carbocycles. The molecule has 0 aromatic rings. The summed E-state index contributed by atoms with van der Waals surface area (Å²) >= 11 is 4.40. The molecule has 0 aliphatic carbocycles. The van der Waals surface area contributed by atoms with Crippen molar-refractivity contribution in [3.63, 3.8) is 0 Å². The van der Waals surface area contributed by atoms with E-state index in [1.54, 1.807) is 0 Å². The minimum atomic E-state index is -0.109. The van der Waals surface area contributed by atoms with E-state index in [2.05, 4.69) is 58.5 Å². The third kappa shape index (κ3) is 4.27. The van der Waals surface area contributed by atoms with Gasteiger partial charge in [0.25, 0.3) is 0 Å². The number of hydrogen-bond donors (Lipinski definition) is 1. The van der Waals surface area contributed by atoms with Gasteiger partial charge in [0.1, 0.15) is 0 Å². The Morgan fingerprint density at radius 1 is 0.618 bits per heavy atom. The van der Waals surface area contributed by atoms with Crippen LogP contribution in [-0.2, 0) is 4.74 Å². The fourth-order valence-electron chi connectivity index (χ4n) is 7.15. The molecule has 6 rings (SSSR count). The topological polar surface area (TPSA) is 40.7 Å². The Bertz CT molecular complexity index is 642. The van der Waals surface area contributed by atoms with Crippen LogP contribution in [0.2, 0.25) is 0 Å². The van der Waals surface area contributed by atoms with Gasteiger partial charge in [0.15, 0.2) is 10.9 Å². The summed E-state index contributed by atoms with van der Waals surface area (Å²) in [5.41, 5.74) is 0. The molecule has 0 aromatic carbocycles. The normalized spacial score (nSPS) is 39.2. The van der Waals surface area contributed by atoms with Crippen molar-refractivity contribution in [2.75, 3.05) is 109 Å². The minimum Gasteiger partial charge on any atom is -0.379 e. The van der Waals surface area contributed by atoms with Gasteiger partial charge in [0.2, 0.25) is 0 Å². The van der Waals surface area contributed by atoms with E-state index < -0.39 is 0 Å². The summed E-state index contributed by atoms with van der Waals surface area (Å²) in [6.07, 6.45) is 6.79. The molecule has 0 spiro atoms. The van der Waals surface area contributed by atoms with Crippen LogP contribution in [0, 0.1) is 0 Å². The number of nitrogens with one attached hydrogen (secondary N) is 1. The second-order valence-corrected chi connectivity index (χ2v) is 12.9. The highest BCUT2D eigenvalue weighted by Crippen LogP contribution is 2.54. The molecular weight excluding hydrogens is 466 g/mol. The van der Waals surface area contributed by atoms with E-state index >= 15 is 0 Å². The second kappa shape index (κ2) is 11.0. The molecule has 0 aromatic heterocycles. The average Bonchev–Trinajstić information content (AvgIpc) is 3.59. The first-order valence-electron chi connectivity index (χ1n) is 13.9. The van der Waals surface area contributed by atoms with Crippen LogP contribution in [-0.4, -0.2) is 150 Å². The summed E-state index contributed by atoms with van der Waals surface area (Å²) in [5.74, 6) is 3.67. The van der Waals surface area contributed by atoms with Gasteiger partial charge in [-0.1, -0.05) is 6.42 Å². The van der Waals surface area contributed by atoms with Gasteiger partial charge in [-0.15, -0.1) is 11.8 Å². The summed E-state index contributed by atoms with van der Waals surface area (Å²) in [5, 5.41) is 9.32. The molecule has 8 nitrogen and oxygen atoms in total. The molecule has 2 unspecified atom stereocenters. The number of thioether (sulfide) groups is 2. The van der Waals surface area contributed by atoms with Crippen LogP contribution in [0.1, 0.15) is 32.1 Å². The predicted molar refractivity (Wildman–Crippen MR) is 142 cm³/mol. The van der Waals surface area contributed by atoms with Crippen molar-refractivity contribution >= 4 is 23.5 Å². The maximum atomic E-state index is 5.90. The minimum absolute atomic E-state index is 0.0121. The van der Waals surface area contributed by atoms with Crippen molar-refractivity contribution in [3.05, 3.63) is 0 Å². The van der Waals surface area contributed by atoms with Gasteiger partial charge in [-0.2, -0.15) is 16.8 Å². The number of hydrogen-bond acceptors (Lipinski definition) is 10. The van der Waals surface area contributed by atoms with Crippen LogP contribution >= 0.6 is 23.5 Å². The van der Waals surface area contributed by atoms with Crippen LogP contribution in [0.3, 0.4) is 0 Å². The average molecular weight is 512 g/mol. The van der Waals surface area contributed by atoms with Gasteiger partial charge in [-0.3, -0.25) is 19.6 Å². The first kappa shape index (κ1) is 24.7. The Labute approximate surface area is 215 Å². The van der Waals surface area contributed by atoms with Crippen LogP contribution in [0.25, 0.3) is 0 Å². The Morgan fingerprint density at radius 3 is 1.85 bits per heavy atom. The zero-order valence-electron chi connectivity index (χ0n) is 21.0. The number of likely N-dealkylation sites (tertiary alicyclic amines) is 2. The Balaban J connectivity index is 1.48. The maximum absolute atomic E-state index is 5.90. The van der Waals surface area contributed by atoms with Crippen LogP contribution in [0.4, 0.5) is 0 Å². The zero-order chi connectivity index (χ0) is 22.8. The zero-order valence-corrected chi connectivity index (χ0v) is 22.6. The lowest BCUT2D eigenvalue weighted by molar-refractivity contribution is -0.309. The molecule has 34 heavy (non-hydrogen) atoms. The number of piperazine rings is 1. The van der Waals surface area contributed by atoms with Crippen molar-refractivity contribution in [1.82, 2.24) is 34.9 Å². The van der Waals surface area contributed by atoms with E-state index in [9.17, 15) is 0 Å². The van der Waals surface area contributed by atoms with Crippen LogP contribution < -0.4 is 5.32 Å². The van der Waals surface area contributed by atoms with Gasteiger partial charge in [0, 0.05) is 95.8 Å². The van der Waals surface area contributed by atoms with Crippen molar-refractivity contribution in [1.29, 1.82) is 0 Å². The second-order valence-electron chi connectivity index (χ2n) is 10.6. The van der Waals surface area contributed by atoms with E-state index in [1.807, 2.05) is 0 Å². The van der Waals surface area contributed by atoms with E-state index in [4.69, 9.17) is 4.74 Å². The van der Waals surface area contributed by atoms with E-state index in [0.717, 1.165) is 52.5 Å². The monoisotopic (exact) mass is 511 g/mol. The number of piperidine rings is 1. The lowest BCUT2D eigenvalue weighted by atomic mass is 10.1. The molecule has 0 radical (unpaired) electrons. The molecule has 6 saturated heterocycles. The molecule has 194 valence electrons. The summed E-state index contributed by atoms with van der Waals surface area (Å²) in [4.78, 5) is 11.5. The van der Waals surface area contributed by atoms with Gasteiger partial charge in [-0.25, -0.2) is 5.01 Å². The maximum Gasteiger partial charge on any atom is 0.197 e. The Hall–Kier alpha value is 0.380. The first-order valence-corrected chi connectivity index (χ1v) is 16.1. The van der Waals surface area contributed by atoms with Gasteiger partial charge >= 0.3 is 0 Å². The van der Waals surface area contributed by atoms with Crippen LogP contribution in [0.5, 0.6) is 0 Å². The quantitative estimate of drug-likeness (QED) is 0.580. The SMILES string of the molecule is C1CCN(C2(N3CCCC3)CSC(N3CCOCC3)(N3CCSCC3)N2N2CCNCC2)CC1. The van der Waals surface area contributed by atoms with Crippen molar-refractivity contribution in [2.24, 2.45) is 0 Å². The third-order valence-electron chi connectivity index (χ3n) is 8.77. The third-order valence-corrected chi connectivity index (χ3v) is 11.3. The highest BCUT2D eigenvalue weighted by atomic mass is 32.2. The standard InChI is InChI=1S/C24H45N7OS2/c1-2-8-26(9-3-1)23(27-10-4-5-11-27)22-34-24(28-14-18-32-19-15-28,29-16-20-33-21-17-29)31(23)30-12-6-25-7-13-30/h25H,1-22H2.